The maximum Gasteiger partial charge on any atom is 0.250 e. The number of hydrogen-bond donors (Lipinski definition) is 1. The monoisotopic (exact) mass is 378 g/mol. The highest BCUT2D eigenvalue weighted by molar-refractivity contribution is 5.92. The van der Waals surface area contributed by atoms with Crippen molar-refractivity contribution >= 4 is 11.6 Å². The van der Waals surface area contributed by atoms with Crippen molar-refractivity contribution in [3.63, 3.8) is 0 Å². The second kappa shape index (κ2) is 8.90. The molecule has 0 saturated carbocycles. The first kappa shape index (κ1) is 19.2. The van der Waals surface area contributed by atoms with E-state index in [4.69, 9.17) is 9.47 Å². The maximum absolute atomic E-state index is 12.3. The Morgan fingerprint density at radius 2 is 1.64 bits per heavy atom. The highest BCUT2D eigenvalue weighted by Crippen LogP contribution is 2.27. The Balaban J connectivity index is 1.61. The molecule has 1 aromatic heterocycles. The Bertz CT molecular complexity index is 1010. The minimum atomic E-state index is -0.126. The van der Waals surface area contributed by atoms with Crippen LogP contribution in [0.4, 0.5) is 5.69 Å². The summed E-state index contributed by atoms with van der Waals surface area (Å²) in [5.74, 6) is 1.09. The molecule has 0 bridgehead atoms. The van der Waals surface area contributed by atoms with E-state index in [1.165, 1.54) is 6.07 Å². The molecule has 3 aromatic rings. The molecule has 1 amide bonds. The van der Waals surface area contributed by atoms with Crippen LogP contribution in [0.25, 0.3) is 0 Å². The molecule has 0 atom stereocenters. The molecule has 1 heterocycles. The Hall–Kier alpha value is -3.54. The zero-order valence-electron chi connectivity index (χ0n) is 15.8. The zero-order chi connectivity index (χ0) is 19.9. The molecule has 0 saturated heterocycles. The fourth-order valence-electron chi connectivity index (χ4n) is 2.86. The van der Waals surface area contributed by atoms with Gasteiger partial charge in [0.2, 0.25) is 5.91 Å². The van der Waals surface area contributed by atoms with Gasteiger partial charge in [0, 0.05) is 18.0 Å². The van der Waals surface area contributed by atoms with Crippen LogP contribution < -0.4 is 20.3 Å². The molecule has 0 unspecified atom stereocenters. The van der Waals surface area contributed by atoms with Crippen molar-refractivity contribution in [2.45, 2.75) is 13.0 Å². The largest absolute Gasteiger partial charge is 0.493 e. The lowest BCUT2D eigenvalue weighted by molar-refractivity contribution is -0.115. The van der Waals surface area contributed by atoms with Crippen LogP contribution in [0.2, 0.25) is 0 Å². The van der Waals surface area contributed by atoms with Crippen LogP contribution in [0.1, 0.15) is 11.1 Å². The highest BCUT2D eigenvalue weighted by atomic mass is 16.5. The van der Waals surface area contributed by atoms with Crippen molar-refractivity contribution in [3.8, 4) is 11.5 Å². The molecule has 6 heteroatoms. The summed E-state index contributed by atoms with van der Waals surface area (Å²) in [5.41, 5.74) is 2.46. The van der Waals surface area contributed by atoms with Crippen LogP contribution in [0.5, 0.6) is 11.5 Å². The van der Waals surface area contributed by atoms with Crippen LogP contribution in [0.3, 0.4) is 0 Å². The van der Waals surface area contributed by atoms with E-state index in [2.05, 4.69) is 5.32 Å². The third-order valence-electron chi connectivity index (χ3n) is 4.30. The molecule has 1 N–H and O–H groups in total. The van der Waals surface area contributed by atoms with Crippen LogP contribution in [0, 0.1) is 0 Å². The first-order chi connectivity index (χ1) is 13.6. The van der Waals surface area contributed by atoms with Gasteiger partial charge in [-0.3, -0.25) is 9.59 Å². The highest BCUT2D eigenvalue weighted by Gasteiger charge is 2.09. The van der Waals surface area contributed by atoms with Crippen molar-refractivity contribution in [1.82, 2.24) is 4.57 Å². The van der Waals surface area contributed by atoms with Gasteiger partial charge in [0.05, 0.1) is 27.2 Å². The van der Waals surface area contributed by atoms with Crippen molar-refractivity contribution in [3.05, 3.63) is 88.3 Å². The number of carbonyl (C=O) groups excluding carboxylic acids is 1. The quantitative estimate of drug-likeness (QED) is 0.686. The van der Waals surface area contributed by atoms with E-state index in [0.29, 0.717) is 23.7 Å². The molecule has 0 spiro atoms. The summed E-state index contributed by atoms with van der Waals surface area (Å²) in [7, 11) is 3.13. The average Bonchev–Trinajstić information content (AvgIpc) is 2.71. The van der Waals surface area contributed by atoms with Crippen LogP contribution in [-0.2, 0) is 17.8 Å². The van der Waals surface area contributed by atoms with Crippen LogP contribution in [0.15, 0.2) is 71.7 Å². The number of aromatic nitrogens is 1. The van der Waals surface area contributed by atoms with Crippen LogP contribution >= 0.6 is 0 Å². The van der Waals surface area contributed by atoms with Crippen molar-refractivity contribution in [2.24, 2.45) is 0 Å². The number of carbonyl (C=O) groups is 1. The Kier molecular flexibility index (Phi) is 6.11. The third kappa shape index (κ3) is 4.79. The number of nitrogens with zero attached hydrogens (tertiary/aromatic N) is 1. The number of hydrogen-bond acceptors (Lipinski definition) is 4. The molecule has 144 valence electrons. The van der Waals surface area contributed by atoms with Gasteiger partial charge in [-0.1, -0.05) is 24.3 Å². The van der Waals surface area contributed by atoms with Gasteiger partial charge in [-0.15, -0.1) is 0 Å². The smallest absolute Gasteiger partial charge is 0.250 e. The Labute approximate surface area is 163 Å². The number of anilines is 1. The van der Waals surface area contributed by atoms with Crippen molar-refractivity contribution in [1.29, 1.82) is 0 Å². The van der Waals surface area contributed by atoms with Gasteiger partial charge in [0.1, 0.15) is 0 Å². The molecule has 3 rings (SSSR count). The topological polar surface area (TPSA) is 69.6 Å². The van der Waals surface area contributed by atoms with Gasteiger partial charge in [0.15, 0.2) is 11.5 Å². The summed E-state index contributed by atoms with van der Waals surface area (Å²) in [4.78, 5) is 24.1. The number of methoxy groups -OCH3 is 2. The summed E-state index contributed by atoms with van der Waals surface area (Å²) in [6.07, 6.45) is 1.97. The van der Waals surface area contributed by atoms with E-state index >= 15 is 0 Å². The number of rotatable bonds is 7. The van der Waals surface area contributed by atoms with Gasteiger partial charge in [-0.25, -0.2) is 0 Å². The number of benzene rings is 2. The van der Waals surface area contributed by atoms with Crippen LogP contribution in [-0.4, -0.2) is 24.7 Å². The van der Waals surface area contributed by atoms with Gasteiger partial charge >= 0.3 is 0 Å². The summed E-state index contributed by atoms with van der Waals surface area (Å²) < 4.78 is 12.1. The predicted molar refractivity (Wildman–Crippen MR) is 108 cm³/mol. The summed E-state index contributed by atoms with van der Waals surface area (Å²) >= 11 is 0. The van der Waals surface area contributed by atoms with E-state index in [-0.39, 0.29) is 17.9 Å². The normalized spacial score (nSPS) is 10.4. The second-order valence-electron chi connectivity index (χ2n) is 6.28. The van der Waals surface area contributed by atoms with E-state index in [0.717, 1.165) is 11.1 Å². The lowest BCUT2D eigenvalue weighted by atomic mass is 10.1. The summed E-state index contributed by atoms with van der Waals surface area (Å²) in [6, 6.07) is 17.9. The van der Waals surface area contributed by atoms with E-state index in [9.17, 15) is 9.59 Å². The van der Waals surface area contributed by atoms with Crippen molar-refractivity contribution in [2.75, 3.05) is 19.5 Å². The molecule has 6 nitrogen and oxygen atoms in total. The van der Waals surface area contributed by atoms with E-state index < -0.39 is 0 Å². The number of pyridine rings is 1. The van der Waals surface area contributed by atoms with E-state index in [1.54, 1.807) is 43.2 Å². The van der Waals surface area contributed by atoms with Gasteiger partial charge in [0.25, 0.3) is 5.56 Å². The van der Waals surface area contributed by atoms with Gasteiger partial charge < -0.3 is 19.4 Å². The molecule has 0 aliphatic heterocycles. The first-order valence-electron chi connectivity index (χ1n) is 8.84. The molecular formula is C22H22N2O4. The number of ether oxygens (including phenoxy) is 2. The molecular weight excluding hydrogens is 356 g/mol. The lowest BCUT2D eigenvalue weighted by Crippen LogP contribution is -2.18. The molecule has 0 aliphatic rings. The number of amides is 1. The molecule has 28 heavy (non-hydrogen) atoms. The lowest BCUT2D eigenvalue weighted by Gasteiger charge is -2.10. The molecule has 0 fully saturated rings. The second-order valence-corrected chi connectivity index (χ2v) is 6.28. The zero-order valence-corrected chi connectivity index (χ0v) is 15.8. The minimum absolute atomic E-state index is 0.0465. The maximum atomic E-state index is 12.3. The number of nitrogens with one attached hydrogen (secondary N) is 1. The SMILES string of the molecule is COc1ccc(CC(=O)Nc2ccc(Cn3ccccc3=O)cc2)cc1OC. The summed E-state index contributed by atoms with van der Waals surface area (Å²) in [5, 5.41) is 2.88. The molecule has 0 radical (unpaired) electrons. The molecule has 2 aromatic carbocycles. The fourth-order valence-corrected chi connectivity index (χ4v) is 2.86. The third-order valence-corrected chi connectivity index (χ3v) is 4.30. The predicted octanol–water partition coefficient (Wildman–Crippen LogP) is 3.10. The van der Waals surface area contributed by atoms with E-state index in [1.807, 2.05) is 36.4 Å². The minimum Gasteiger partial charge on any atom is -0.493 e. The average molecular weight is 378 g/mol. The van der Waals surface area contributed by atoms with Crippen molar-refractivity contribution < 1.29 is 14.3 Å². The first-order valence-corrected chi connectivity index (χ1v) is 8.84. The fraction of sp³-hybridized carbons (Fsp3) is 0.182. The summed E-state index contributed by atoms with van der Waals surface area (Å²) in [6.45, 7) is 0.486. The Morgan fingerprint density at radius 3 is 2.32 bits per heavy atom. The molecule has 0 aliphatic carbocycles. The Morgan fingerprint density at radius 1 is 0.929 bits per heavy atom. The van der Waals surface area contributed by atoms with Gasteiger partial charge in [-0.2, -0.15) is 0 Å². The standard InChI is InChI=1S/C22H22N2O4/c1-27-19-11-8-17(13-20(19)28-2)14-21(25)23-18-9-6-16(7-10-18)15-24-12-4-3-5-22(24)26/h3-13H,14-15H2,1-2H3,(H,23,25). The van der Waals surface area contributed by atoms with Gasteiger partial charge in [-0.05, 0) is 41.5 Å².